The molecule has 0 bridgehead atoms. The maximum Gasteiger partial charge on any atom is 0.416 e. The summed E-state index contributed by atoms with van der Waals surface area (Å²) < 4.78 is 69.3. The van der Waals surface area contributed by atoms with Crippen molar-refractivity contribution in [3.8, 4) is 5.75 Å². The summed E-state index contributed by atoms with van der Waals surface area (Å²) in [5, 5.41) is 6.50. The van der Waals surface area contributed by atoms with Crippen LogP contribution < -0.4 is 19.8 Å². The van der Waals surface area contributed by atoms with E-state index in [4.69, 9.17) is 4.74 Å². The molecule has 0 spiro atoms. The number of benzene rings is 3. The minimum Gasteiger partial charge on any atom is -0.484 e. The Bertz CT molecular complexity index is 1410. The number of amides is 2. The zero-order valence-electron chi connectivity index (χ0n) is 20.7. The second-order valence-corrected chi connectivity index (χ2v) is 10.1. The van der Waals surface area contributed by atoms with Gasteiger partial charge in [0, 0.05) is 6.54 Å². The van der Waals surface area contributed by atoms with Gasteiger partial charge in [0.2, 0.25) is 10.0 Å². The van der Waals surface area contributed by atoms with E-state index >= 15 is 0 Å². The van der Waals surface area contributed by atoms with E-state index in [2.05, 4.69) is 15.8 Å². The molecule has 2 N–H and O–H groups in total. The van der Waals surface area contributed by atoms with Gasteiger partial charge in [-0.25, -0.2) is 13.8 Å². The number of rotatable bonds is 11. The van der Waals surface area contributed by atoms with Gasteiger partial charge in [0.25, 0.3) is 11.8 Å². The van der Waals surface area contributed by atoms with Crippen LogP contribution in [-0.2, 0) is 32.3 Å². The van der Waals surface area contributed by atoms with Gasteiger partial charge >= 0.3 is 6.18 Å². The van der Waals surface area contributed by atoms with Crippen molar-refractivity contribution in [2.24, 2.45) is 5.10 Å². The van der Waals surface area contributed by atoms with Crippen LogP contribution in [0.5, 0.6) is 5.75 Å². The van der Waals surface area contributed by atoms with E-state index in [1.54, 1.807) is 24.3 Å². The lowest BCUT2D eigenvalue weighted by Gasteiger charge is -2.22. The fourth-order valence-electron chi connectivity index (χ4n) is 3.23. The smallest absolute Gasteiger partial charge is 0.416 e. The first-order valence-corrected chi connectivity index (χ1v) is 13.3. The van der Waals surface area contributed by atoms with Crippen LogP contribution in [0.1, 0.15) is 16.7 Å². The van der Waals surface area contributed by atoms with E-state index < -0.39 is 34.2 Å². The van der Waals surface area contributed by atoms with E-state index in [1.165, 1.54) is 6.21 Å². The van der Waals surface area contributed by atoms with E-state index in [0.717, 1.165) is 30.0 Å². The molecule has 206 valence electrons. The van der Waals surface area contributed by atoms with Crippen LogP contribution in [0.15, 0.2) is 84.0 Å². The lowest BCUT2D eigenvalue weighted by molar-refractivity contribution is -0.137. The van der Waals surface area contributed by atoms with Gasteiger partial charge in [0.15, 0.2) is 6.61 Å². The number of hydrazone groups is 1. The number of halogens is 3. The van der Waals surface area contributed by atoms with E-state index in [-0.39, 0.29) is 18.2 Å². The molecule has 0 aliphatic heterocycles. The fourth-order valence-corrected chi connectivity index (χ4v) is 4.08. The molecule has 0 unspecified atom stereocenters. The predicted molar refractivity (Wildman–Crippen MR) is 140 cm³/mol. The summed E-state index contributed by atoms with van der Waals surface area (Å²) in [6.45, 7) is -0.582. The van der Waals surface area contributed by atoms with Gasteiger partial charge in [0.1, 0.15) is 12.3 Å². The van der Waals surface area contributed by atoms with Crippen LogP contribution in [-0.4, -0.2) is 45.9 Å². The molecular weight excluding hydrogens is 537 g/mol. The van der Waals surface area contributed by atoms with E-state index in [0.29, 0.717) is 28.2 Å². The average molecular weight is 563 g/mol. The third-order valence-corrected chi connectivity index (χ3v) is 6.27. The van der Waals surface area contributed by atoms with Crippen molar-refractivity contribution in [3.63, 3.8) is 0 Å². The summed E-state index contributed by atoms with van der Waals surface area (Å²) in [6.07, 6.45) is -2.62. The molecule has 39 heavy (non-hydrogen) atoms. The molecule has 3 aromatic rings. The Kier molecular flexibility index (Phi) is 9.66. The zero-order chi connectivity index (χ0) is 28.5. The molecule has 0 saturated heterocycles. The molecule has 0 aromatic heterocycles. The number of alkyl halides is 3. The van der Waals surface area contributed by atoms with Crippen LogP contribution >= 0.6 is 0 Å². The molecule has 0 fully saturated rings. The van der Waals surface area contributed by atoms with Crippen LogP contribution in [0, 0.1) is 0 Å². The number of carbonyl (C=O) groups excluding carboxylic acids is 2. The standard InChI is InChI=1S/C26H25F3N4O5S/c1-39(36,37)33(22-9-5-8-21(14-22)26(27,28)29)17-24(34)32-31-16-20-10-12-23(13-11-20)38-18-25(35)30-15-19-6-3-2-4-7-19/h2-14,16H,15,17-18H2,1H3,(H,30,35)(H,32,34)/b31-16+. The maximum atomic E-state index is 13.0. The topological polar surface area (TPSA) is 117 Å². The SMILES string of the molecule is CS(=O)(=O)N(CC(=O)N/N=C/c1ccc(OCC(=O)NCc2ccccc2)cc1)c1cccc(C(F)(F)F)c1. The number of hydrogen-bond acceptors (Lipinski definition) is 6. The van der Waals surface area contributed by atoms with Crippen molar-refractivity contribution in [1.82, 2.24) is 10.7 Å². The largest absolute Gasteiger partial charge is 0.484 e. The second-order valence-electron chi connectivity index (χ2n) is 8.23. The molecule has 3 aromatic carbocycles. The van der Waals surface area contributed by atoms with E-state index in [9.17, 15) is 31.2 Å². The van der Waals surface area contributed by atoms with Gasteiger partial charge in [-0.2, -0.15) is 18.3 Å². The highest BCUT2D eigenvalue weighted by Gasteiger charge is 2.32. The van der Waals surface area contributed by atoms with Crippen molar-refractivity contribution in [2.45, 2.75) is 12.7 Å². The van der Waals surface area contributed by atoms with Crippen molar-refractivity contribution in [3.05, 3.63) is 95.6 Å². The Morgan fingerprint density at radius 1 is 0.974 bits per heavy atom. The normalized spacial score (nSPS) is 11.7. The summed E-state index contributed by atoms with van der Waals surface area (Å²) >= 11 is 0. The highest BCUT2D eigenvalue weighted by molar-refractivity contribution is 7.92. The van der Waals surface area contributed by atoms with Gasteiger partial charge in [-0.3, -0.25) is 13.9 Å². The minimum atomic E-state index is -4.68. The molecule has 0 atom stereocenters. The molecule has 2 amide bonds. The highest BCUT2D eigenvalue weighted by atomic mass is 32.2. The number of carbonyl (C=O) groups is 2. The van der Waals surface area contributed by atoms with Gasteiger partial charge in [-0.15, -0.1) is 0 Å². The Morgan fingerprint density at radius 2 is 1.67 bits per heavy atom. The quantitative estimate of drug-likeness (QED) is 0.275. The van der Waals surface area contributed by atoms with Gasteiger partial charge in [-0.05, 0) is 53.6 Å². The number of hydrogen-bond donors (Lipinski definition) is 2. The molecule has 0 aliphatic rings. The van der Waals surface area contributed by atoms with Crippen molar-refractivity contribution in [2.75, 3.05) is 23.7 Å². The monoisotopic (exact) mass is 562 g/mol. The summed E-state index contributed by atoms with van der Waals surface area (Å²) in [4.78, 5) is 24.2. The summed E-state index contributed by atoms with van der Waals surface area (Å²) in [6, 6.07) is 19.5. The zero-order valence-corrected chi connectivity index (χ0v) is 21.5. The Balaban J connectivity index is 1.50. The first kappa shape index (κ1) is 29.2. The summed E-state index contributed by atoms with van der Waals surface area (Å²) in [5.41, 5.74) is 2.30. The average Bonchev–Trinajstić information content (AvgIpc) is 2.89. The first-order valence-electron chi connectivity index (χ1n) is 11.4. The van der Waals surface area contributed by atoms with Gasteiger partial charge in [-0.1, -0.05) is 36.4 Å². The number of ether oxygens (including phenoxy) is 1. The molecule has 3 rings (SSSR count). The third-order valence-electron chi connectivity index (χ3n) is 5.13. The second kappa shape index (κ2) is 12.9. The van der Waals surface area contributed by atoms with Crippen molar-refractivity contribution in [1.29, 1.82) is 0 Å². The molecule has 0 aliphatic carbocycles. The van der Waals surface area contributed by atoms with E-state index in [1.807, 2.05) is 30.3 Å². The molecule has 13 heteroatoms. The maximum absolute atomic E-state index is 13.0. The van der Waals surface area contributed by atoms with Crippen LogP contribution in [0.3, 0.4) is 0 Å². The molecule has 0 saturated carbocycles. The van der Waals surface area contributed by atoms with Crippen molar-refractivity contribution >= 4 is 33.7 Å². The number of nitrogens with one attached hydrogen (secondary N) is 2. The third kappa shape index (κ3) is 9.45. The lowest BCUT2D eigenvalue weighted by Crippen LogP contribution is -2.39. The molecule has 9 nitrogen and oxygen atoms in total. The highest BCUT2D eigenvalue weighted by Crippen LogP contribution is 2.32. The summed E-state index contributed by atoms with van der Waals surface area (Å²) in [5.74, 6) is -0.730. The van der Waals surface area contributed by atoms with Crippen LogP contribution in [0.4, 0.5) is 18.9 Å². The fraction of sp³-hybridized carbons (Fsp3) is 0.192. The Morgan fingerprint density at radius 3 is 2.31 bits per heavy atom. The van der Waals surface area contributed by atoms with Gasteiger partial charge in [0.05, 0.1) is 23.7 Å². The number of nitrogens with zero attached hydrogens (tertiary/aromatic N) is 2. The number of sulfonamides is 1. The first-order chi connectivity index (χ1) is 18.4. The Hall–Kier alpha value is -4.39. The lowest BCUT2D eigenvalue weighted by atomic mass is 10.2. The minimum absolute atomic E-state index is 0.182. The Labute approximate surface area is 223 Å². The molecule has 0 radical (unpaired) electrons. The van der Waals surface area contributed by atoms with Crippen LogP contribution in [0.2, 0.25) is 0 Å². The predicted octanol–water partition coefficient (Wildman–Crippen LogP) is 3.32. The van der Waals surface area contributed by atoms with Crippen molar-refractivity contribution < 1.29 is 35.9 Å². The molecule has 0 heterocycles. The summed E-state index contributed by atoms with van der Waals surface area (Å²) in [7, 11) is -4.08. The van der Waals surface area contributed by atoms with Crippen LogP contribution in [0.25, 0.3) is 0 Å². The number of anilines is 1. The molecular formula is C26H25F3N4O5S. The van der Waals surface area contributed by atoms with Gasteiger partial charge < -0.3 is 10.1 Å².